The third kappa shape index (κ3) is 6.54. The summed E-state index contributed by atoms with van der Waals surface area (Å²) >= 11 is 0. The lowest BCUT2D eigenvalue weighted by Crippen LogP contribution is -2.07. The van der Waals surface area contributed by atoms with Crippen molar-refractivity contribution in [3.05, 3.63) is 95.6 Å². The molecule has 31 heavy (non-hydrogen) atoms. The minimum absolute atomic E-state index is 0.179. The molecule has 3 aromatic carbocycles. The Balaban J connectivity index is 1.62. The van der Waals surface area contributed by atoms with Gasteiger partial charge < -0.3 is 9.88 Å². The van der Waals surface area contributed by atoms with Crippen molar-refractivity contribution in [1.82, 2.24) is 0 Å². The van der Waals surface area contributed by atoms with Crippen LogP contribution in [0.25, 0.3) is 17.2 Å². The Morgan fingerprint density at radius 3 is 2.23 bits per heavy atom. The lowest BCUT2D eigenvalue weighted by molar-refractivity contribution is -0.111. The number of carbonyl (C=O) groups is 1. The molecule has 0 fully saturated rings. The number of aryl methyl sites for hydroxylation is 1. The van der Waals surface area contributed by atoms with Gasteiger partial charge in [0.15, 0.2) is 0 Å². The highest BCUT2D eigenvalue weighted by Gasteiger charge is 2.17. The Hall–Kier alpha value is -2.90. The number of anilines is 1. The zero-order chi connectivity index (χ0) is 22.3. The Labute approximate surface area is 185 Å². The van der Waals surface area contributed by atoms with Gasteiger partial charge in [0, 0.05) is 17.9 Å². The first kappa shape index (κ1) is 22.8. The first-order valence-corrected chi connectivity index (χ1v) is 13.0. The molecule has 3 aromatic rings. The SMILES string of the molecule is CCP(=O)(CC)Cc1ccc(NC(=O)/C=C/c2cccc(-c3ccc(C)cc3)c2)cc1. The van der Waals surface area contributed by atoms with Gasteiger partial charge >= 0.3 is 0 Å². The number of carbonyl (C=O) groups excluding carboxylic acids is 1. The fourth-order valence-electron chi connectivity index (χ4n) is 3.40. The maximum absolute atomic E-state index is 12.7. The van der Waals surface area contributed by atoms with Crippen LogP contribution in [0.5, 0.6) is 0 Å². The molecule has 0 radical (unpaired) electrons. The van der Waals surface area contributed by atoms with E-state index >= 15 is 0 Å². The summed E-state index contributed by atoms with van der Waals surface area (Å²) in [5.74, 6) is -0.179. The van der Waals surface area contributed by atoms with Gasteiger partial charge in [0.05, 0.1) is 7.14 Å². The molecule has 0 saturated carbocycles. The Kier molecular flexibility index (Phi) is 7.65. The summed E-state index contributed by atoms with van der Waals surface area (Å²) in [6.45, 7) is 6.05. The summed E-state index contributed by atoms with van der Waals surface area (Å²) < 4.78 is 12.7. The summed E-state index contributed by atoms with van der Waals surface area (Å²) in [4.78, 5) is 12.3. The molecule has 3 nitrogen and oxygen atoms in total. The average molecular weight is 432 g/mol. The quantitative estimate of drug-likeness (QED) is 0.302. The topological polar surface area (TPSA) is 46.2 Å². The number of hydrogen-bond donors (Lipinski definition) is 1. The lowest BCUT2D eigenvalue weighted by atomic mass is 10.0. The van der Waals surface area contributed by atoms with Gasteiger partial charge in [-0.25, -0.2) is 0 Å². The van der Waals surface area contributed by atoms with Crippen LogP contribution in [0.2, 0.25) is 0 Å². The minimum Gasteiger partial charge on any atom is -0.323 e. The second kappa shape index (κ2) is 10.4. The van der Waals surface area contributed by atoms with Gasteiger partial charge in [-0.15, -0.1) is 0 Å². The van der Waals surface area contributed by atoms with Crippen molar-refractivity contribution in [2.75, 3.05) is 17.6 Å². The molecule has 160 valence electrons. The average Bonchev–Trinajstić information content (AvgIpc) is 2.79. The summed E-state index contributed by atoms with van der Waals surface area (Å²) in [5, 5.41) is 2.89. The Bertz CT molecular complexity index is 1090. The molecule has 0 aliphatic rings. The van der Waals surface area contributed by atoms with E-state index in [-0.39, 0.29) is 5.91 Å². The van der Waals surface area contributed by atoms with Crippen molar-refractivity contribution in [2.45, 2.75) is 26.9 Å². The summed E-state index contributed by atoms with van der Waals surface area (Å²) in [6.07, 6.45) is 5.42. The van der Waals surface area contributed by atoms with Crippen LogP contribution in [0.15, 0.2) is 78.9 Å². The van der Waals surface area contributed by atoms with E-state index in [1.807, 2.05) is 56.3 Å². The molecule has 0 aliphatic carbocycles. The second-order valence-corrected chi connectivity index (χ2v) is 11.6. The first-order chi connectivity index (χ1) is 14.9. The molecular formula is C27H30NO2P. The highest BCUT2D eigenvalue weighted by atomic mass is 31.2. The second-order valence-electron chi connectivity index (χ2n) is 7.86. The van der Waals surface area contributed by atoms with E-state index < -0.39 is 7.14 Å². The zero-order valence-corrected chi connectivity index (χ0v) is 19.4. The molecule has 0 unspecified atom stereocenters. The molecule has 0 heterocycles. The van der Waals surface area contributed by atoms with Crippen molar-refractivity contribution in [3.63, 3.8) is 0 Å². The molecule has 0 aliphatic heterocycles. The van der Waals surface area contributed by atoms with Crippen LogP contribution in [-0.2, 0) is 15.5 Å². The molecule has 0 aromatic heterocycles. The van der Waals surface area contributed by atoms with Gasteiger partial charge in [0.1, 0.15) is 0 Å². The molecular weight excluding hydrogens is 401 g/mol. The molecule has 1 N–H and O–H groups in total. The molecule has 1 amide bonds. The summed E-state index contributed by atoms with van der Waals surface area (Å²) in [5.41, 5.74) is 6.26. The van der Waals surface area contributed by atoms with Crippen LogP contribution in [0.3, 0.4) is 0 Å². The number of hydrogen-bond acceptors (Lipinski definition) is 2. The normalized spacial score (nSPS) is 11.6. The lowest BCUT2D eigenvalue weighted by Gasteiger charge is -2.14. The zero-order valence-electron chi connectivity index (χ0n) is 18.5. The molecule has 0 atom stereocenters. The fourth-order valence-corrected chi connectivity index (χ4v) is 5.17. The van der Waals surface area contributed by atoms with E-state index in [0.29, 0.717) is 6.16 Å². The maximum atomic E-state index is 12.7. The van der Waals surface area contributed by atoms with Crippen molar-refractivity contribution < 1.29 is 9.36 Å². The van der Waals surface area contributed by atoms with E-state index in [9.17, 15) is 9.36 Å². The van der Waals surface area contributed by atoms with E-state index in [1.165, 1.54) is 5.56 Å². The van der Waals surface area contributed by atoms with Crippen molar-refractivity contribution >= 4 is 24.8 Å². The van der Waals surface area contributed by atoms with E-state index in [1.54, 1.807) is 6.08 Å². The summed E-state index contributed by atoms with van der Waals surface area (Å²) in [6, 6.07) is 24.2. The molecule has 3 rings (SSSR count). The van der Waals surface area contributed by atoms with E-state index in [2.05, 4.69) is 48.6 Å². The van der Waals surface area contributed by atoms with Crippen LogP contribution in [0.4, 0.5) is 5.69 Å². The van der Waals surface area contributed by atoms with E-state index in [0.717, 1.165) is 40.3 Å². The van der Waals surface area contributed by atoms with Crippen molar-refractivity contribution in [3.8, 4) is 11.1 Å². The van der Waals surface area contributed by atoms with Crippen LogP contribution < -0.4 is 5.32 Å². The monoisotopic (exact) mass is 431 g/mol. The van der Waals surface area contributed by atoms with Crippen LogP contribution in [0, 0.1) is 6.92 Å². The number of rotatable bonds is 8. The van der Waals surface area contributed by atoms with E-state index in [4.69, 9.17) is 0 Å². The highest BCUT2D eigenvalue weighted by molar-refractivity contribution is 7.63. The van der Waals surface area contributed by atoms with Crippen LogP contribution >= 0.6 is 7.14 Å². The van der Waals surface area contributed by atoms with Crippen molar-refractivity contribution in [1.29, 1.82) is 0 Å². The largest absolute Gasteiger partial charge is 0.323 e. The molecule has 0 saturated heterocycles. The predicted octanol–water partition coefficient (Wildman–Crippen LogP) is 7.22. The fraction of sp³-hybridized carbons (Fsp3) is 0.222. The maximum Gasteiger partial charge on any atom is 0.248 e. The Morgan fingerprint density at radius 1 is 0.903 bits per heavy atom. The van der Waals surface area contributed by atoms with Gasteiger partial charge in [0.2, 0.25) is 5.91 Å². The first-order valence-electron chi connectivity index (χ1n) is 10.7. The van der Waals surface area contributed by atoms with Crippen LogP contribution in [-0.4, -0.2) is 18.2 Å². The molecule has 4 heteroatoms. The van der Waals surface area contributed by atoms with Gasteiger partial charge in [-0.2, -0.15) is 0 Å². The summed E-state index contributed by atoms with van der Waals surface area (Å²) in [7, 11) is -2.12. The number of benzene rings is 3. The molecule has 0 spiro atoms. The smallest absolute Gasteiger partial charge is 0.248 e. The molecule has 0 bridgehead atoms. The number of amides is 1. The highest BCUT2D eigenvalue weighted by Crippen LogP contribution is 2.48. The third-order valence-corrected chi connectivity index (χ3v) is 8.79. The van der Waals surface area contributed by atoms with Gasteiger partial charge in [-0.1, -0.05) is 74.0 Å². The van der Waals surface area contributed by atoms with Crippen molar-refractivity contribution in [2.24, 2.45) is 0 Å². The van der Waals surface area contributed by atoms with Gasteiger partial charge in [-0.05, 0) is 65.8 Å². The third-order valence-electron chi connectivity index (χ3n) is 5.54. The van der Waals surface area contributed by atoms with Crippen LogP contribution in [0.1, 0.15) is 30.5 Å². The number of nitrogens with one attached hydrogen (secondary N) is 1. The predicted molar refractivity (Wildman–Crippen MR) is 133 cm³/mol. The van der Waals surface area contributed by atoms with Gasteiger partial charge in [0.25, 0.3) is 0 Å². The Morgan fingerprint density at radius 2 is 1.58 bits per heavy atom. The minimum atomic E-state index is -2.12. The van der Waals surface area contributed by atoms with Gasteiger partial charge in [-0.3, -0.25) is 4.79 Å². The standard InChI is InChI=1S/C27H30NO2P/c1-4-31(30,5-2)20-23-11-16-26(17-12-23)28-27(29)18-13-22-7-6-8-25(19-22)24-14-9-21(3)10-15-24/h6-19H,4-5,20H2,1-3H3,(H,28,29)/b18-13+.